The fraction of sp³-hybridized carbons (Fsp3) is 0.0625. The minimum absolute atomic E-state index is 0.259. The van der Waals surface area contributed by atoms with Crippen LogP contribution in [0.5, 0.6) is 0 Å². The first-order chi connectivity index (χ1) is 18.4. The van der Waals surface area contributed by atoms with E-state index in [-0.39, 0.29) is 5.57 Å². The lowest BCUT2D eigenvalue weighted by Crippen LogP contribution is -2.09. The highest BCUT2D eigenvalue weighted by Crippen LogP contribution is 2.36. The predicted octanol–water partition coefficient (Wildman–Crippen LogP) is 9.21. The SMILES string of the molecule is Cc1ccc(N(c2ccc(C)cc2)c2ccc(/C=C/c3cc4sc(/C=C(/C#N)C(=O)O)cc4s3)cc2)cc1. The van der Waals surface area contributed by atoms with Gasteiger partial charge in [0.05, 0.1) is 0 Å². The quantitative estimate of drug-likeness (QED) is 0.168. The van der Waals surface area contributed by atoms with E-state index in [0.29, 0.717) is 0 Å². The van der Waals surface area contributed by atoms with E-state index in [0.717, 1.165) is 41.8 Å². The van der Waals surface area contributed by atoms with Crippen LogP contribution < -0.4 is 4.90 Å². The molecule has 0 fully saturated rings. The van der Waals surface area contributed by atoms with Crippen molar-refractivity contribution in [1.82, 2.24) is 0 Å². The first-order valence-electron chi connectivity index (χ1n) is 12.0. The Morgan fingerprint density at radius 3 is 1.74 bits per heavy atom. The monoisotopic (exact) mass is 532 g/mol. The van der Waals surface area contributed by atoms with Gasteiger partial charge >= 0.3 is 5.97 Å². The topological polar surface area (TPSA) is 64.3 Å². The summed E-state index contributed by atoms with van der Waals surface area (Å²) in [5, 5.41) is 18.1. The van der Waals surface area contributed by atoms with Gasteiger partial charge in [-0.2, -0.15) is 5.26 Å². The number of rotatable bonds is 7. The number of anilines is 3. The van der Waals surface area contributed by atoms with Crippen LogP contribution in [-0.4, -0.2) is 11.1 Å². The van der Waals surface area contributed by atoms with Crippen molar-refractivity contribution < 1.29 is 9.90 Å². The number of aliphatic carboxylic acids is 1. The molecule has 2 aromatic heterocycles. The molecule has 38 heavy (non-hydrogen) atoms. The standard InChI is InChI=1S/C32H24N2O2S2/c1-21-3-10-25(11-4-21)34(26-12-5-22(2)6-13-26)27-14-7-23(8-15-27)9-16-28-18-30-31(37-28)19-29(38-30)17-24(20-33)32(35)36/h3-19H,1-2H3,(H,35,36)/b16-9+,24-17-. The van der Waals surface area contributed by atoms with E-state index in [2.05, 4.69) is 110 Å². The summed E-state index contributed by atoms with van der Waals surface area (Å²) >= 11 is 3.12. The van der Waals surface area contributed by atoms with Gasteiger partial charge in [0.1, 0.15) is 11.6 Å². The van der Waals surface area contributed by atoms with Crippen LogP contribution in [0.15, 0.2) is 90.5 Å². The Hall–Kier alpha value is -4.44. The van der Waals surface area contributed by atoms with Crippen LogP contribution in [0, 0.1) is 25.2 Å². The van der Waals surface area contributed by atoms with E-state index >= 15 is 0 Å². The molecule has 0 saturated heterocycles. The summed E-state index contributed by atoms with van der Waals surface area (Å²) in [7, 11) is 0. The van der Waals surface area contributed by atoms with Gasteiger partial charge in [0, 0.05) is 36.2 Å². The Kier molecular flexibility index (Phi) is 7.23. The second-order valence-corrected chi connectivity index (χ2v) is 11.2. The zero-order valence-electron chi connectivity index (χ0n) is 20.9. The summed E-state index contributed by atoms with van der Waals surface area (Å²) in [6.45, 7) is 4.19. The van der Waals surface area contributed by atoms with Crippen molar-refractivity contribution in [3.8, 4) is 6.07 Å². The molecule has 0 atom stereocenters. The van der Waals surface area contributed by atoms with Gasteiger partial charge < -0.3 is 10.0 Å². The molecule has 0 bridgehead atoms. The molecule has 0 aliphatic carbocycles. The van der Waals surface area contributed by atoms with Gasteiger partial charge in [-0.25, -0.2) is 4.79 Å². The smallest absolute Gasteiger partial charge is 0.346 e. The lowest BCUT2D eigenvalue weighted by atomic mass is 10.1. The van der Waals surface area contributed by atoms with Crippen molar-refractivity contribution in [2.75, 3.05) is 4.90 Å². The highest BCUT2D eigenvalue weighted by Gasteiger charge is 2.12. The summed E-state index contributed by atoms with van der Waals surface area (Å²) in [6, 6.07) is 31.4. The van der Waals surface area contributed by atoms with E-state index in [1.165, 1.54) is 28.5 Å². The Bertz CT molecular complexity index is 1620. The third kappa shape index (κ3) is 5.60. The highest BCUT2D eigenvalue weighted by molar-refractivity contribution is 7.28. The van der Waals surface area contributed by atoms with Gasteiger partial charge in [-0.1, -0.05) is 53.6 Å². The van der Waals surface area contributed by atoms with Crippen molar-refractivity contribution in [1.29, 1.82) is 5.26 Å². The maximum absolute atomic E-state index is 11.1. The average molecular weight is 533 g/mol. The fourth-order valence-electron chi connectivity index (χ4n) is 4.06. The largest absolute Gasteiger partial charge is 0.477 e. The number of carboxylic acids is 1. The molecule has 0 amide bonds. The number of aryl methyl sites for hydroxylation is 2. The Morgan fingerprint density at radius 2 is 1.24 bits per heavy atom. The van der Waals surface area contributed by atoms with Gasteiger partial charge in [0.15, 0.2) is 0 Å². The summed E-state index contributed by atoms with van der Waals surface area (Å²) < 4.78 is 2.15. The molecule has 4 nitrogen and oxygen atoms in total. The number of hydrogen-bond donors (Lipinski definition) is 1. The van der Waals surface area contributed by atoms with E-state index < -0.39 is 5.97 Å². The minimum Gasteiger partial charge on any atom is -0.477 e. The van der Waals surface area contributed by atoms with Crippen LogP contribution in [0.2, 0.25) is 0 Å². The first-order valence-corrected chi connectivity index (χ1v) is 13.6. The van der Waals surface area contributed by atoms with E-state index in [1.54, 1.807) is 17.4 Å². The molecular formula is C32H24N2O2S2. The van der Waals surface area contributed by atoms with Crippen molar-refractivity contribution in [2.45, 2.75) is 13.8 Å². The summed E-state index contributed by atoms with van der Waals surface area (Å²) in [6.07, 6.45) is 5.62. The molecule has 2 heterocycles. The third-order valence-electron chi connectivity index (χ3n) is 6.06. The van der Waals surface area contributed by atoms with Gasteiger partial charge in [-0.05, 0) is 80.1 Å². The van der Waals surface area contributed by atoms with Crippen LogP contribution in [0.25, 0.3) is 27.6 Å². The lowest BCUT2D eigenvalue weighted by molar-refractivity contribution is -0.132. The minimum atomic E-state index is -1.21. The summed E-state index contributed by atoms with van der Waals surface area (Å²) in [5.41, 5.74) is 6.61. The molecule has 0 radical (unpaired) electrons. The molecular weight excluding hydrogens is 508 g/mol. The van der Waals surface area contributed by atoms with Crippen LogP contribution in [0.3, 0.4) is 0 Å². The third-order valence-corrected chi connectivity index (χ3v) is 8.26. The average Bonchev–Trinajstić information content (AvgIpc) is 3.47. The van der Waals surface area contributed by atoms with Crippen LogP contribution in [0.1, 0.15) is 26.4 Å². The summed E-state index contributed by atoms with van der Waals surface area (Å²) in [5.74, 6) is -1.21. The zero-order valence-corrected chi connectivity index (χ0v) is 22.5. The molecule has 6 heteroatoms. The highest BCUT2D eigenvalue weighted by atomic mass is 32.1. The molecule has 5 rings (SSSR count). The Morgan fingerprint density at radius 1 is 0.763 bits per heavy atom. The number of benzene rings is 3. The van der Waals surface area contributed by atoms with Crippen molar-refractivity contribution >= 4 is 73.3 Å². The molecule has 186 valence electrons. The number of carbonyl (C=O) groups is 1. The van der Waals surface area contributed by atoms with Gasteiger partial charge in [0.25, 0.3) is 0 Å². The van der Waals surface area contributed by atoms with Crippen molar-refractivity contribution in [2.24, 2.45) is 0 Å². The second kappa shape index (κ2) is 10.9. The molecule has 3 aromatic carbocycles. The van der Waals surface area contributed by atoms with E-state index in [9.17, 15) is 4.79 Å². The zero-order chi connectivity index (χ0) is 26.6. The Labute approximate surface area is 229 Å². The Balaban J connectivity index is 1.37. The maximum atomic E-state index is 11.1. The van der Waals surface area contributed by atoms with Gasteiger partial charge in [-0.15, -0.1) is 22.7 Å². The first kappa shape index (κ1) is 25.2. The molecule has 5 aromatic rings. The number of nitrogens with zero attached hydrogens (tertiary/aromatic N) is 2. The normalized spacial score (nSPS) is 11.7. The number of fused-ring (bicyclic) bond motifs is 1. The molecule has 1 N–H and O–H groups in total. The fourth-order valence-corrected chi connectivity index (χ4v) is 6.32. The molecule has 0 aliphatic heterocycles. The second-order valence-electron chi connectivity index (χ2n) is 8.93. The van der Waals surface area contributed by atoms with Crippen LogP contribution in [0.4, 0.5) is 17.1 Å². The van der Waals surface area contributed by atoms with Crippen molar-refractivity contribution in [3.63, 3.8) is 0 Å². The predicted molar refractivity (Wildman–Crippen MR) is 160 cm³/mol. The van der Waals surface area contributed by atoms with E-state index in [4.69, 9.17) is 10.4 Å². The lowest BCUT2D eigenvalue weighted by Gasteiger charge is -2.25. The number of nitriles is 1. The number of carboxylic acid groups (broad SMARTS) is 1. The van der Waals surface area contributed by atoms with Crippen LogP contribution >= 0.6 is 22.7 Å². The molecule has 0 unspecified atom stereocenters. The number of thiophene rings is 2. The number of hydrogen-bond acceptors (Lipinski definition) is 5. The van der Waals surface area contributed by atoms with Crippen LogP contribution in [-0.2, 0) is 4.79 Å². The molecule has 0 aliphatic rings. The summed E-state index contributed by atoms with van der Waals surface area (Å²) in [4.78, 5) is 15.2. The van der Waals surface area contributed by atoms with E-state index in [1.807, 2.05) is 6.07 Å². The molecule has 0 spiro atoms. The molecule has 0 saturated carbocycles. The van der Waals surface area contributed by atoms with Gasteiger partial charge in [0.2, 0.25) is 0 Å². The maximum Gasteiger partial charge on any atom is 0.346 e. The van der Waals surface area contributed by atoms with Crippen molar-refractivity contribution in [3.05, 3.63) is 117 Å². The van der Waals surface area contributed by atoms with Gasteiger partial charge in [-0.3, -0.25) is 0 Å².